The molecule has 0 amide bonds. The molecule has 0 spiro atoms. The molecule has 7 heteroatoms. The number of hydrogen-bond acceptors (Lipinski definition) is 7. The Labute approximate surface area is 169 Å². The van der Waals surface area contributed by atoms with Crippen LogP contribution >= 0.6 is 0 Å². The molecule has 0 radical (unpaired) electrons. The van der Waals surface area contributed by atoms with Crippen LogP contribution in [-0.2, 0) is 17.7 Å². The van der Waals surface area contributed by atoms with Gasteiger partial charge in [-0.1, -0.05) is 36.4 Å². The fourth-order valence-electron chi connectivity index (χ4n) is 3.52. The van der Waals surface area contributed by atoms with Gasteiger partial charge < -0.3 is 20.7 Å². The third kappa shape index (κ3) is 3.85. The van der Waals surface area contributed by atoms with Crippen LogP contribution < -0.4 is 16.0 Å². The quantitative estimate of drug-likeness (QED) is 0.645. The molecule has 1 aliphatic heterocycles. The summed E-state index contributed by atoms with van der Waals surface area (Å²) in [6.07, 6.45) is 2.43. The highest BCUT2D eigenvalue weighted by atomic mass is 16.5. The molecular formula is C22H23N5O2. The number of nitrogens with one attached hydrogen (secondary N) is 1. The number of aromatic nitrogens is 2. The summed E-state index contributed by atoms with van der Waals surface area (Å²) in [6.45, 7) is 3.66. The van der Waals surface area contributed by atoms with Crippen LogP contribution in [0.15, 0.2) is 54.9 Å². The topological polar surface area (TPSA) is 93.4 Å². The Balaban J connectivity index is 1.61. The fraction of sp³-hybridized carbons (Fsp3) is 0.227. The maximum absolute atomic E-state index is 12.2. The third-order valence-corrected chi connectivity index (χ3v) is 4.97. The van der Waals surface area contributed by atoms with Gasteiger partial charge >= 0.3 is 5.97 Å². The smallest absolute Gasteiger partial charge is 0.340 e. The van der Waals surface area contributed by atoms with Crippen molar-refractivity contribution in [2.24, 2.45) is 0 Å². The summed E-state index contributed by atoms with van der Waals surface area (Å²) in [4.78, 5) is 23.1. The lowest BCUT2D eigenvalue weighted by Gasteiger charge is -2.30. The maximum atomic E-state index is 12.2. The van der Waals surface area contributed by atoms with Gasteiger partial charge in [0.1, 0.15) is 12.0 Å². The van der Waals surface area contributed by atoms with Gasteiger partial charge in [0.25, 0.3) is 0 Å². The number of hydrogen-bond donors (Lipinski definition) is 2. The molecule has 0 unspecified atom stereocenters. The average Bonchev–Trinajstić information content (AvgIpc) is 2.75. The molecule has 1 aliphatic rings. The molecule has 0 fully saturated rings. The van der Waals surface area contributed by atoms with Gasteiger partial charge in [0.05, 0.1) is 17.9 Å². The Hall–Kier alpha value is -3.61. The molecular weight excluding hydrogens is 366 g/mol. The van der Waals surface area contributed by atoms with Crippen LogP contribution in [0.4, 0.5) is 23.0 Å². The zero-order valence-corrected chi connectivity index (χ0v) is 16.3. The molecule has 0 aliphatic carbocycles. The van der Waals surface area contributed by atoms with E-state index in [4.69, 9.17) is 10.5 Å². The van der Waals surface area contributed by atoms with Crippen molar-refractivity contribution in [2.75, 3.05) is 29.1 Å². The summed E-state index contributed by atoms with van der Waals surface area (Å²) in [6, 6.07) is 15.5. The summed E-state index contributed by atoms with van der Waals surface area (Å²) in [5.41, 5.74) is 10.5. The molecule has 0 saturated carbocycles. The van der Waals surface area contributed by atoms with E-state index in [1.807, 2.05) is 12.1 Å². The van der Waals surface area contributed by atoms with Crippen molar-refractivity contribution in [1.82, 2.24) is 9.97 Å². The molecule has 3 N–H and O–H groups in total. The Morgan fingerprint density at radius 2 is 1.90 bits per heavy atom. The minimum Gasteiger partial charge on any atom is -0.462 e. The summed E-state index contributed by atoms with van der Waals surface area (Å²) in [5.74, 6) is 0.757. The predicted molar refractivity (Wildman–Crippen MR) is 113 cm³/mol. The zero-order valence-electron chi connectivity index (χ0n) is 16.3. The molecule has 7 nitrogen and oxygen atoms in total. The van der Waals surface area contributed by atoms with Gasteiger partial charge in [-0.05, 0) is 36.6 Å². The van der Waals surface area contributed by atoms with Gasteiger partial charge in [-0.2, -0.15) is 0 Å². The largest absolute Gasteiger partial charge is 0.462 e. The maximum Gasteiger partial charge on any atom is 0.340 e. The number of benzene rings is 2. The van der Waals surface area contributed by atoms with Crippen molar-refractivity contribution in [3.05, 3.63) is 71.5 Å². The normalized spacial score (nSPS) is 12.9. The van der Waals surface area contributed by atoms with Gasteiger partial charge in [0.2, 0.25) is 0 Å². The number of fused-ring (bicyclic) bond motifs is 1. The van der Waals surface area contributed by atoms with E-state index in [1.165, 1.54) is 17.5 Å². The van der Waals surface area contributed by atoms with Gasteiger partial charge in [-0.25, -0.2) is 14.8 Å². The molecule has 148 valence electrons. The number of nitrogens with two attached hydrogens (primary N) is 1. The first-order chi connectivity index (χ1) is 14.2. The van der Waals surface area contributed by atoms with Gasteiger partial charge in [0.15, 0.2) is 11.6 Å². The van der Waals surface area contributed by atoms with Crippen LogP contribution in [0.5, 0.6) is 0 Å². The lowest BCUT2D eigenvalue weighted by atomic mass is 10.00. The predicted octanol–water partition coefficient (Wildman–Crippen LogP) is 3.54. The van der Waals surface area contributed by atoms with Crippen molar-refractivity contribution in [3.8, 4) is 0 Å². The summed E-state index contributed by atoms with van der Waals surface area (Å²) in [5, 5.41) is 3.18. The molecule has 0 saturated heterocycles. The first-order valence-electron chi connectivity index (χ1n) is 9.62. The van der Waals surface area contributed by atoms with Crippen molar-refractivity contribution in [3.63, 3.8) is 0 Å². The SMILES string of the molecule is CCOC(=O)c1ccccc1Nc1ncnc(N2CCc3ccccc3C2)c1N. The van der Waals surface area contributed by atoms with E-state index < -0.39 is 5.97 Å². The number of nitrogens with zero attached hydrogens (tertiary/aromatic N) is 3. The van der Waals surface area contributed by atoms with Crippen molar-refractivity contribution in [2.45, 2.75) is 19.9 Å². The molecule has 2 heterocycles. The minimum absolute atomic E-state index is 0.309. The molecule has 4 rings (SSSR count). The number of rotatable bonds is 5. The van der Waals surface area contributed by atoms with Crippen molar-refractivity contribution < 1.29 is 9.53 Å². The standard InChI is InChI=1S/C22H23N5O2/c1-2-29-22(28)17-9-5-6-10-18(17)26-20-19(23)21(25-14-24-20)27-12-11-15-7-3-4-8-16(15)13-27/h3-10,14H,2,11-13,23H2,1H3,(H,24,25,26). The van der Waals surface area contributed by atoms with Crippen LogP contribution in [0.2, 0.25) is 0 Å². The highest BCUT2D eigenvalue weighted by Gasteiger charge is 2.21. The second-order valence-corrected chi connectivity index (χ2v) is 6.79. The number of nitrogen functional groups attached to an aromatic ring is 1. The van der Waals surface area contributed by atoms with Crippen LogP contribution in [0.3, 0.4) is 0 Å². The highest BCUT2D eigenvalue weighted by Crippen LogP contribution is 2.32. The first-order valence-corrected chi connectivity index (χ1v) is 9.62. The van der Waals surface area contributed by atoms with Crippen LogP contribution in [0.25, 0.3) is 0 Å². The number of para-hydroxylation sites is 1. The molecule has 0 atom stereocenters. The summed E-state index contributed by atoms with van der Waals surface area (Å²) in [7, 11) is 0. The van der Waals surface area contributed by atoms with E-state index >= 15 is 0 Å². The third-order valence-electron chi connectivity index (χ3n) is 4.97. The van der Waals surface area contributed by atoms with Crippen molar-refractivity contribution >= 4 is 29.0 Å². The van der Waals surface area contributed by atoms with E-state index in [0.717, 1.165) is 19.5 Å². The molecule has 0 bridgehead atoms. The second-order valence-electron chi connectivity index (χ2n) is 6.79. The zero-order chi connectivity index (χ0) is 20.2. The Kier molecular flexibility index (Phi) is 5.29. The van der Waals surface area contributed by atoms with E-state index in [0.29, 0.717) is 35.2 Å². The Morgan fingerprint density at radius 1 is 1.14 bits per heavy atom. The Morgan fingerprint density at radius 3 is 2.72 bits per heavy atom. The second kappa shape index (κ2) is 8.18. The van der Waals surface area contributed by atoms with Crippen LogP contribution in [0, 0.1) is 0 Å². The number of anilines is 4. The highest BCUT2D eigenvalue weighted by molar-refractivity contribution is 5.97. The molecule has 2 aromatic carbocycles. The van der Waals surface area contributed by atoms with Gasteiger partial charge in [-0.3, -0.25) is 0 Å². The molecule has 1 aromatic heterocycles. The lowest BCUT2D eigenvalue weighted by molar-refractivity contribution is 0.0527. The van der Waals surface area contributed by atoms with Crippen molar-refractivity contribution in [1.29, 1.82) is 0 Å². The fourth-order valence-corrected chi connectivity index (χ4v) is 3.52. The summed E-state index contributed by atoms with van der Waals surface area (Å²) < 4.78 is 5.14. The first kappa shape index (κ1) is 18.7. The monoisotopic (exact) mass is 389 g/mol. The number of ether oxygens (including phenoxy) is 1. The van der Waals surface area contributed by atoms with E-state index in [2.05, 4.69) is 38.4 Å². The average molecular weight is 389 g/mol. The number of carbonyl (C=O) groups excluding carboxylic acids is 1. The minimum atomic E-state index is -0.393. The molecule has 3 aromatic rings. The number of esters is 1. The lowest BCUT2D eigenvalue weighted by Crippen LogP contribution is -2.31. The van der Waals surface area contributed by atoms with Crippen LogP contribution in [-0.4, -0.2) is 29.1 Å². The van der Waals surface area contributed by atoms with E-state index in [9.17, 15) is 4.79 Å². The number of carbonyl (C=O) groups is 1. The van der Waals surface area contributed by atoms with Gasteiger partial charge in [0, 0.05) is 13.1 Å². The summed E-state index contributed by atoms with van der Waals surface area (Å²) >= 11 is 0. The van der Waals surface area contributed by atoms with E-state index in [1.54, 1.807) is 25.1 Å². The Bertz CT molecular complexity index is 1040. The van der Waals surface area contributed by atoms with Gasteiger partial charge in [-0.15, -0.1) is 0 Å². The van der Waals surface area contributed by atoms with Crippen LogP contribution in [0.1, 0.15) is 28.4 Å². The molecule has 29 heavy (non-hydrogen) atoms. The van der Waals surface area contributed by atoms with E-state index in [-0.39, 0.29) is 0 Å².